The molecular weight excluding hydrogens is 262 g/mol. The third-order valence-corrected chi connectivity index (χ3v) is 3.33. The number of hydrogen-bond donors (Lipinski definition) is 1. The van der Waals surface area contributed by atoms with Gasteiger partial charge in [-0.3, -0.25) is 0 Å². The van der Waals surface area contributed by atoms with E-state index >= 15 is 0 Å². The molecule has 0 fully saturated rings. The van der Waals surface area contributed by atoms with E-state index in [1.807, 2.05) is 31.2 Å². The Morgan fingerprint density at radius 1 is 1.05 bits per heavy atom. The summed E-state index contributed by atoms with van der Waals surface area (Å²) >= 11 is 0. The molecule has 0 bridgehead atoms. The Balaban J connectivity index is 2.01. The molecule has 3 heteroatoms. The van der Waals surface area contributed by atoms with Crippen molar-refractivity contribution in [3.63, 3.8) is 0 Å². The van der Waals surface area contributed by atoms with Crippen LogP contribution in [0.15, 0.2) is 42.5 Å². The quantitative estimate of drug-likeness (QED) is 0.804. The second-order valence-electron chi connectivity index (χ2n) is 5.43. The van der Waals surface area contributed by atoms with E-state index in [9.17, 15) is 0 Å². The molecule has 0 unspecified atom stereocenters. The summed E-state index contributed by atoms with van der Waals surface area (Å²) in [7, 11) is 0. The number of nitrogens with one attached hydrogen (secondary N) is 1. The summed E-state index contributed by atoms with van der Waals surface area (Å²) in [5.41, 5.74) is 0. The minimum Gasteiger partial charge on any atom is -0.490 e. The fourth-order valence-corrected chi connectivity index (χ4v) is 2.27. The maximum absolute atomic E-state index is 6.00. The molecule has 114 valence electrons. The Kier molecular flexibility index (Phi) is 6.03. The van der Waals surface area contributed by atoms with E-state index in [0.29, 0.717) is 19.3 Å². The first-order valence-corrected chi connectivity index (χ1v) is 7.66. The second kappa shape index (κ2) is 8.01. The normalized spacial score (nSPS) is 12.8. The van der Waals surface area contributed by atoms with Gasteiger partial charge in [0.25, 0.3) is 0 Å². The van der Waals surface area contributed by atoms with Gasteiger partial charge in [0.05, 0.1) is 0 Å². The van der Waals surface area contributed by atoms with Crippen molar-refractivity contribution in [2.45, 2.75) is 32.9 Å². The predicted molar refractivity (Wildman–Crippen MR) is 88.0 cm³/mol. The number of ether oxygens (including phenoxy) is 2. The van der Waals surface area contributed by atoms with Crippen LogP contribution in [0.1, 0.15) is 20.8 Å². The van der Waals surface area contributed by atoms with Gasteiger partial charge >= 0.3 is 0 Å². The molecule has 0 heterocycles. The van der Waals surface area contributed by atoms with E-state index in [1.165, 1.54) is 5.39 Å². The lowest BCUT2D eigenvalue weighted by Gasteiger charge is -2.20. The summed E-state index contributed by atoms with van der Waals surface area (Å²) < 4.78 is 11.7. The summed E-state index contributed by atoms with van der Waals surface area (Å²) in [6, 6.07) is 14.9. The summed E-state index contributed by atoms with van der Waals surface area (Å²) in [6.07, 6.45) is 0.0661. The van der Waals surface area contributed by atoms with Gasteiger partial charge in [0, 0.05) is 24.6 Å². The van der Waals surface area contributed by atoms with Crippen LogP contribution in [0.2, 0.25) is 0 Å². The zero-order chi connectivity index (χ0) is 15.1. The number of benzene rings is 2. The molecule has 2 aromatic rings. The summed E-state index contributed by atoms with van der Waals surface area (Å²) in [5, 5.41) is 5.74. The van der Waals surface area contributed by atoms with Crippen molar-refractivity contribution in [1.29, 1.82) is 0 Å². The number of rotatable bonds is 8. The van der Waals surface area contributed by atoms with Crippen LogP contribution in [0.25, 0.3) is 10.8 Å². The van der Waals surface area contributed by atoms with Crippen LogP contribution in [-0.4, -0.2) is 31.9 Å². The maximum Gasteiger partial charge on any atom is 0.127 e. The molecule has 3 nitrogen and oxygen atoms in total. The van der Waals surface area contributed by atoms with Gasteiger partial charge in [0.2, 0.25) is 0 Å². The molecule has 2 rings (SSSR count). The smallest absolute Gasteiger partial charge is 0.127 e. The lowest BCUT2D eigenvalue weighted by atomic mass is 10.1. The lowest BCUT2D eigenvalue weighted by Crippen LogP contribution is -2.37. The Morgan fingerprint density at radius 3 is 2.57 bits per heavy atom. The standard InChI is InChI=1S/C18H25NO2/c1-4-20-16(12-19-14(2)3)13-21-18-11-7-9-15-8-5-6-10-17(15)18/h5-11,14,16,19H,4,12-13H2,1-3H3/t16-/m0/s1. The van der Waals surface area contributed by atoms with Gasteiger partial charge in [0.1, 0.15) is 18.5 Å². The molecule has 2 aromatic carbocycles. The highest BCUT2D eigenvalue weighted by atomic mass is 16.5. The van der Waals surface area contributed by atoms with Crippen LogP contribution in [0.5, 0.6) is 5.75 Å². The highest BCUT2D eigenvalue weighted by Gasteiger charge is 2.11. The van der Waals surface area contributed by atoms with E-state index in [2.05, 4.69) is 37.4 Å². The van der Waals surface area contributed by atoms with Gasteiger partial charge in [-0.2, -0.15) is 0 Å². The molecule has 0 aromatic heterocycles. The average Bonchev–Trinajstić information content (AvgIpc) is 2.50. The van der Waals surface area contributed by atoms with Crippen molar-refractivity contribution in [3.8, 4) is 5.75 Å². The molecule has 0 aliphatic rings. The van der Waals surface area contributed by atoms with E-state index in [-0.39, 0.29) is 6.10 Å². The highest BCUT2D eigenvalue weighted by Crippen LogP contribution is 2.25. The first-order valence-electron chi connectivity index (χ1n) is 7.66. The van der Waals surface area contributed by atoms with Crippen molar-refractivity contribution in [3.05, 3.63) is 42.5 Å². The van der Waals surface area contributed by atoms with Crippen molar-refractivity contribution in [1.82, 2.24) is 5.32 Å². The maximum atomic E-state index is 6.00. The van der Waals surface area contributed by atoms with E-state index in [4.69, 9.17) is 9.47 Å². The number of fused-ring (bicyclic) bond motifs is 1. The molecule has 0 aliphatic carbocycles. The zero-order valence-corrected chi connectivity index (χ0v) is 13.1. The molecule has 0 aliphatic heterocycles. The zero-order valence-electron chi connectivity index (χ0n) is 13.1. The Hall–Kier alpha value is -1.58. The largest absolute Gasteiger partial charge is 0.490 e. The van der Waals surface area contributed by atoms with E-state index < -0.39 is 0 Å². The first kappa shape index (κ1) is 15.8. The van der Waals surface area contributed by atoms with Crippen LogP contribution in [0.3, 0.4) is 0 Å². The van der Waals surface area contributed by atoms with Crippen LogP contribution in [0.4, 0.5) is 0 Å². The summed E-state index contributed by atoms with van der Waals surface area (Å²) in [6.45, 7) is 8.34. The molecule has 0 saturated carbocycles. The van der Waals surface area contributed by atoms with Gasteiger partial charge in [-0.05, 0) is 18.4 Å². The molecule has 0 amide bonds. The molecular formula is C18H25NO2. The van der Waals surface area contributed by atoms with Crippen LogP contribution < -0.4 is 10.1 Å². The van der Waals surface area contributed by atoms with E-state index in [0.717, 1.165) is 17.7 Å². The predicted octanol–water partition coefficient (Wildman–Crippen LogP) is 3.62. The van der Waals surface area contributed by atoms with Gasteiger partial charge in [0.15, 0.2) is 0 Å². The SMILES string of the molecule is CCO[C@@H](CNC(C)C)COc1cccc2ccccc12. The molecule has 1 N–H and O–H groups in total. The summed E-state index contributed by atoms with van der Waals surface area (Å²) in [4.78, 5) is 0. The molecule has 21 heavy (non-hydrogen) atoms. The molecule has 0 radical (unpaired) electrons. The second-order valence-corrected chi connectivity index (χ2v) is 5.43. The third-order valence-electron chi connectivity index (χ3n) is 3.33. The van der Waals surface area contributed by atoms with Gasteiger partial charge in [-0.15, -0.1) is 0 Å². The number of hydrogen-bond acceptors (Lipinski definition) is 3. The van der Waals surface area contributed by atoms with Crippen molar-refractivity contribution < 1.29 is 9.47 Å². The Bertz CT molecular complexity index is 548. The van der Waals surface area contributed by atoms with Gasteiger partial charge in [-0.25, -0.2) is 0 Å². The lowest BCUT2D eigenvalue weighted by molar-refractivity contribution is 0.0275. The van der Waals surface area contributed by atoms with Crippen molar-refractivity contribution in [2.24, 2.45) is 0 Å². The molecule has 0 spiro atoms. The molecule has 1 atom stereocenters. The minimum absolute atomic E-state index is 0.0661. The monoisotopic (exact) mass is 287 g/mol. The average molecular weight is 287 g/mol. The first-order chi connectivity index (χ1) is 10.2. The van der Waals surface area contributed by atoms with E-state index in [1.54, 1.807) is 0 Å². The highest BCUT2D eigenvalue weighted by molar-refractivity contribution is 5.88. The Labute approximate surface area is 127 Å². The topological polar surface area (TPSA) is 30.5 Å². The van der Waals surface area contributed by atoms with Crippen molar-refractivity contribution in [2.75, 3.05) is 19.8 Å². The molecule has 0 saturated heterocycles. The van der Waals surface area contributed by atoms with Gasteiger partial charge < -0.3 is 14.8 Å². The summed E-state index contributed by atoms with van der Waals surface area (Å²) in [5.74, 6) is 0.919. The van der Waals surface area contributed by atoms with Crippen LogP contribution >= 0.6 is 0 Å². The Morgan fingerprint density at radius 2 is 1.81 bits per heavy atom. The van der Waals surface area contributed by atoms with Crippen LogP contribution in [-0.2, 0) is 4.74 Å². The van der Waals surface area contributed by atoms with Crippen LogP contribution in [0, 0.1) is 0 Å². The minimum atomic E-state index is 0.0661. The van der Waals surface area contributed by atoms with Crippen molar-refractivity contribution >= 4 is 10.8 Å². The fraction of sp³-hybridized carbons (Fsp3) is 0.444. The third kappa shape index (κ3) is 4.73. The fourth-order valence-electron chi connectivity index (χ4n) is 2.27. The van der Waals surface area contributed by atoms with Gasteiger partial charge in [-0.1, -0.05) is 50.2 Å².